The van der Waals surface area contributed by atoms with Gasteiger partial charge >= 0.3 is 5.69 Å². The van der Waals surface area contributed by atoms with Crippen LogP contribution < -0.4 is 21.9 Å². The summed E-state index contributed by atoms with van der Waals surface area (Å²) in [6.45, 7) is 2.28. The van der Waals surface area contributed by atoms with Crippen molar-refractivity contribution in [3.8, 4) is 0 Å². The number of oxime groups is 1. The quantitative estimate of drug-likeness (QED) is 0.514. The molecule has 0 radical (unpaired) electrons. The van der Waals surface area contributed by atoms with Crippen LogP contribution in [0.25, 0.3) is 0 Å². The molecule has 1 amide bonds. The number of nitrogens with zero attached hydrogens (tertiary/aromatic N) is 3. The van der Waals surface area contributed by atoms with Gasteiger partial charge in [0.2, 0.25) is 6.10 Å². The summed E-state index contributed by atoms with van der Waals surface area (Å²) in [5.74, 6) is -1.08. The van der Waals surface area contributed by atoms with Gasteiger partial charge in [0.1, 0.15) is 11.6 Å². The fourth-order valence-corrected chi connectivity index (χ4v) is 3.93. The van der Waals surface area contributed by atoms with Crippen LogP contribution in [0.4, 0.5) is 15.9 Å². The Kier molecular flexibility index (Phi) is 7.09. The number of nitrogen functional groups attached to an aromatic ring is 1. The lowest BCUT2D eigenvalue weighted by Gasteiger charge is -2.26. The van der Waals surface area contributed by atoms with Crippen molar-refractivity contribution < 1.29 is 14.0 Å². The van der Waals surface area contributed by atoms with E-state index in [9.17, 15) is 18.8 Å². The van der Waals surface area contributed by atoms with Crippen LogP contribution in [0.1, 0.15) is 37.3 Å². The summed E-state index contributed by atoms with van der Waals surface area (Å²) in [5, 5.41) is 3.98. The number of amides is 1. The first kappa shape index (κ1) is 23.9. The molecule has 0 spiro atoms. The number of halogens is 1. The summed E-state index contributed by atoms with van der Waals surface area (Å²) < 4.78 is 14.9. The van der Waals surface area contributed by atoms with Gasteiger partial charge in [-0.2, -0.15) is 0 Å². The van der Waals surface area contributed by atoms with Crippen molar-refractivity contribution in [2.45, 2.75) is 45.4 Å². The maximum Gasteiger partial charge on any atom is 0.330 e. The molecular formula is C25H26FN5O4. The zero-order valence-electron chi connectivity index (χ0n) is 19.2. The molecule has 1 aromatic heterocycles. The summed E-state index contributed by atoms with van der Waals surface area (Å²) in [4.78, 5) is 47.9. The fourth-order valence-electron chi connectivity index (χ4n) is 3.93. The zero-order chi connectivity index (χ0) is 24.9. The monoisotopic (exact) mass is 479 g/mol. The van der Waals surface area contributed by atoms with E-state index in [1.807, 2.05) is 37.3 Å². The Hall–Kier alpha value is -4.21. The van der Waals surface area contributed by atoms with Gasteiger partial charge < -0.3 is 10.6 Å². The smallest absolute Gasteiger partial charge is 0.330 e. The van der Waals surface area contributed by atoms with Crippen molar-refractivity contribution in [2.75, 3.05) is 10.6 Å². The standard InChI is InChI=1S/C25H26FN5O4/c1-2-3-12-30-22(27)21(23(32)28-25(30)34)31(15-16-8-5-4-6-9-16)24(33)20-14-19(29-35-20)17-10-7-11-18(26)13-17/h4-11,13,20H,2-3,12,14-15,27H2,1H3,(H,28,32,34)/t20-/m1/s1. The fraction of sp³-hybridized carbons (Fsp3) is 0.280. The molecule has 0 saturated carbocycles. The van der Waals surface area contributed by atoms with Gasteiger partial charge in [0.05, 0.1) is 12.3 Å². The average Bonchev–Trinajstić information content (AvgIpc) is 3.34. The van der Waals surface area contributed by atoms with Crippen molar-refractivity contribution in [2.24, 2.45) is 5.16 Å². The van der Waals surface area contributed by atoms with E-state index in [0.717, 1.165) is 12.0 Å². The lowest BCUT2D eigenvalue weighted by molar-refractivity contribution is -0.128. The number of carbonyl (C=O) groups is 1. The molecule has 9 nitrogen and oxygen atoms in total. The molecule has 182 valence electrons. The van der Waals surface area contributed by atoms with E-state index in [-0.39, 0.29) is 24.5 Å². The SMILES string of the molecule is CCCCn1c(N)c(N(Cc2ccccc2)C(=O)[C@H]2CC(c3cccc(F)c3)=NO2)c(=O)[nH]c1=O. The van der Waals surface area contributed by atoms with Gasteiger partial charge in [-0.25, -0.2) is 9.18 Å². The van der Waals surface area contributed by atoms with Crippen LogP contribution in [-0.4, -0.2) is 27.3 Å². The molecule has 1 aliphatic heterocycles. The highest BCUT2D eigenvalue weighted by Gasteiger charge is 2.35. The highest BCUT2D eigenvalue weighted by Crippen LogP contribution is 2.25. The molecule has 2 aromatic carbocycles. The van der Waals surface area contributed by atoms with Gasteiger partial charge in [-0.3, -0.25) is 24.0 Å². The second-order valence-corrected chi connectivity index (χ2v) is 8.25. The predicted molar refractivity (Wildman–Crippen MR) is 131 cm³/mol. The van der Waals surface area contributed by atoms with Crippen LogP contribution in [0.15, 0.2) is 69.3 Å². The van der Waals surface area contributed by atoms with Crippen LogP contribution in [0.5, 0.6) is 0 Å². The van der Waals surface area contributed by atoms with Gasteiger partial charge in [-0.1, -0.05) is 61.0 Å². The van der Waals surface area contributed by atoms with E-state index >= 15 is 0 Å². The number of carbonyl (C=O) groups excluding carboxylic acids is 1. The average molecular weight is 480 g/mol. The summed E-state index contributed by atoms with van der Waals surface area (Å²) in [7, 11) is 0. The number of H-pyrrole nitrogens is 1. The molecule has 2 heterocycles. The molecule has 4 rings (SSSR count). The van der Waals surface area contributed by atoms with E-state index in [1.165, 1.54) is 21.6 Å². The molecule has 10 heteroatoms. The summed E-state index contributed by atoms with van der Waals surface area (Å²) in [6.07, 6.45) is 0.509. The number of nitrogens with one attached hydrogen (secondary N) is 1. The first-order chi connectivity index (χ1) is 16.9. The van der Waals surface area contributed by atoms with E-state index < -0.39 is 29.1 Å². The van der Waals surface area contributed by atoms with Gasteiger partial charge in [0.15, 0.2) is 5.69 Å². The molecule has 1 atom stereocenters. The third-order valence-electron chi connectivity index (χ3n) is 5.77. The van der Waals surface area contributed by atoms with Crippen molar-refractivity contribution >= 4 is 23.1 Å². The third kappa shape index (κ3) is 5.16. The third-order valence-corrected chi connectivity index (χ3v) is 5.77. The second-order valence-electron chi connectivity index (χ2n) is 8.25. The van der Waals surface area contributed by atoms with Crippen LogP contribution in [-0.2, 0) is 22.7 Å². The Morgan fingerprint density at radius 3 is 2.71 bits per heavy atom. The van der Waals surface area contributed by atoms with Crippen molar-refractivity contribution in [3.63, 3.8) is 0 Å². The minimum atomic E-state index is -1.05. The Balaban J connectivity index is 1.70. The van der Waals surface area contributed by atoms with Gasteiger partial charge in [0.25, 0.3) is 11.5 Å². The molecule has 35 heavy (non-hydrogen) atoms. The zero-order valence-corrected chi connectivity index (χ0v) is 19.2. The molecule has 3 aromatic rings. The molecule has 1 aliphatic rings. The van der Waals surface area contributed by atoms with Crippen LogP contribution in [0, 0.1) is 5.82 Å². The first-order valence-corrected chi connectivity index (χ1v) is 11.4. The molecule has 3 N–H and O–H groups in total. The number of nitrogens with two attached hydrogens (primary N) is 1. The summed E-state index contributed by atoms with van der Waals surface area (Å²) in [6, 6.07) is 14.9. The lowest BCUT2D eigenvalue weighted by Crippen LogP contribution is -2.44. The topological polar surface area (TPSA) is 123 Å². The predicted octanol–water partition coefficient (Wildman–Crippen LogP) is 2.78. The number of rotatable bonds is 8. The maximum atomic E-state index is 13.7. The number of aromatic amines is 1. The van der Waals surface area contributed by atoms with E-state index in [4.69, 9.17) is 10.6 Å². The molecule has 0 unspecified atom stereocenters. The van der Waals surface area contributed by atoms with Gasteiger partial charge in [0, 0.05) is 18.5 Å². The summed E-state index contributed by atoms with van der Waals surface area (Å²) >= 11 is 0. The van der Waals surface area contributed by atoms with Crippen molar-refractivity contribution in [1.82, 2.24) is 9.55 Å². The highest BCUT2D eigenvalue weighted by atomic mass is 19.1. The second kappa shape index (κ2) is 10.4. The maximum absolute atomic E-state index is 13.7. The number of aromatic nitrogens is 2. The van der Waals surface area contributed by atoms with Crippen LogP contribution in [0.2, 0.25) is 0 Å². The minimum absolute atomic E-state index is 0.0219. The lowest BCUT2D eigenvalue weighted by atomic mass is 10.0. The number of anilines is 2. The van der Waals surface area contributed by atoms with E-state index in [0.29, 0.717) is 24.2 Å². The van der Waals surface area contributed by atoms with E-state index in [2.05, 4.69) is 10.1 Å². The number of benzene rings is 2. The molecule has 0 aliphatic carbocycles. The van der Waals surface area contributed by atoms with Crippen molar-refractivity contribution in [3.05, 3.63) is 92.4 Å². The normalized spacial score (nSPS) is 14.9. The Labute approximate surface area is 200 Å². The minimum Gasteiger partial charge on any atom is -0.383 e. The van der Waals surface area contributed by atoms with Crippen molar-refractivity contribution in [1.29, 1.82) is 0 Å². The van der Waals surface area contributed by atoms with Crippen LogP contribution in [0.3, 0.4) is 0 Å². The number of unbranched alkanes of at least 4 members (excludes halogenated alkanes) is 1. The molecule has 0 fully saturated rings. The highest BCUT2D eigenvalue weighted by molar-refractivity contribution is 6.07. The number of hydrogen-bond donors (Lipinski definition) is 2. The largest absolute Gasteiger partial charge is 0.383 e. The Bertz CT molecular complexity index is 1370. The molecule has 0 bridgehead atoms. The molecular weight excluding hydrogens is 453 g/mol. The summed E-state index contributed by atoms with van der Waals surface area (Å²) in [5.41, 5.74) is 6.42. The molecule has 0 saturated heterocycles. The van der Waals surface area contributed by atoms with Crippen LogP contribution >= 0.6 is 0 Å². The van der Waals surface area contributed by atoms with Gasteiger partial charge in [-0.05, 0) is 24.1 Å². The first-order valence-electron chi connectivity index (χ1n) is 11.4. The Morgan fingerprint density at radius 1 is 1.23 bits per heavy atom. The van der Waals surface area contributed by atoms with Gasteiger partial charge in [-0.15, -0.1) is 0 Å². The number of hydrogen-bond acceptors (Lipinski definition) is 6. The Morgan fingerprint density at radius 2 is 2.00 bits per heavy atom. The van der Waals surface area contributed by atoms with E-state index in [1.54, 1.807) is 12.1 Å².